The number of halogens is 1. The van der Waals surface area contributed by atoms with Crippen molar-refractivity contribution in [3.8, 4) is 0 Å². The Hall–Kier alpha value is -1.09. The van der Waals surface area contributed by atoms with E-state index in [1.807, 2.05) is 0 Å². The molecule has 3 heteroatoms. The first kappa shape index (κ1) is 12.9. The number of fused-ring (bicyclic) bond motifs is 1. The molecule has 0 radical (unpaired) electrons. The molecular weight excluding hydrogens is 300 g/mol. The first-order valence-corrected chi connectivity index (χ1v) is 7.76. The Bertz CT molecular complexity index is 590. The summed E-state index contributed by atoms with van der Waals surface area (Å²) in [7, 11) is 2.16. The quantitative estimate of drug-likeness (QED) is 0.790. The van der Waals surface area contributed by atoms with Gasteiger partial charge in [0.2, 0.25) is 0 Å². The van der Waals surface area contributed by atoms with Gasteiger partial charge in [-0.3, -0.25) is 0 Å². The van der Waals surface area contributed by atoms with Gasteiger partial charge >= 0.3 is 0 Å². The monoisotopic (exact) mass is 318 g/mol. The molecule has 3 rings (SSSR count). The highest BCUT2D eigenvalue weighted by Gasteiger charge is 2.28. The van der Waals surface area contributed by atoms with E-state index in [0.717, 1.165) is 28.6 Å². The van der Waals surface area contributed by atoms with Gasteiger partial charge in [0.05, 0.1) is 5.52 Å². The average molecular weight is 319 g/mol. The van der Waals surface area contributed by atoms with Gasteiger partial charge in [-0.25, -0.2) is 4.98 Å². The summed E-state index contributed by atoms with van der Waals surface area (Å²) in [5.41, 5.74) is 2.35. The number of rotatable bonds is 3. The Kier molecular flexibility index (Phi) is 3.48. The lowest BCUT2D eigenvalue weighted by molar-refractivity contribution is 0.338. The molecule has 100 valence electrons. The summed E-state index contributed by atoms with van der Waals surface area (Å²) in [5.74, 6) is 1.93. The van der Waals surface area contributed by atoms with Crippen molar-refractivity contribution >= 4 is 32.7 Å². The fourth-order valence-electron chi connectivity index (χ4n) is 2.88. The van der Waals surface area contributed by atoms with Gasteiger partial charge in [0.15, 0.2) is 0 Å². The maximum atomic E-state index is 4.82. The van der Waals surface area contributed by atoms with Crippen molar-refractivity contribution in [1.29, 1.82) is 0 Å². The average Bonchev–Trinajstić information content (AvgIpc) is 2.36. The molecule has 0 unspecified atom stereocenters. The summed E-state index contributed by atoms with van der Waals surface area (Å²) in [6.07, 6.45) is 2.58. The Labute approximate surface area is 123 Å². The van der Waals surface area contributed by atoms with Crippen LogP contribution in [0.3, 0.4) is 0 Å². The van der Waals surface area contributed by atoms with Crippen molar-refractivity contribution in [3.05, 3.63) is 35.9 Å². The molecule has 19 heavy (non-hydrogen) atoms. The van der Waals surface area contributed by atoms with Crippen LogP contribution in [0.4, 0.5) is 5.82 Å². The molecule has 2 aromatic rings. The molecular formula is C16H19BrN2. The number of pyridine rings is 1. The number of nitrogens with zero attached hydrogens (tertiary/aromatic N) is 2. The zero-order chi connectivity index (χ0) is 13.4. The highest BCUT2D eigenvalue weighted by molar-refractivity contribution is 9.09. The second kappa shape index (κ2) is 5.12. The third-order valence-electron chi connectivity index (χ3n) is 3.96. The number of hydrogen-bond acceptors (Lipinski definition) is 2. The third kappa shape index (κ3) is 2.62. The lowest BCUT2D eigenvalue weighted by Gasteiger charge is -2.35. The molecule has 1 aromatic heterocycles. The maximum absolute atomic E-state index is 4.82. The zero-order valence-electron chi connectivity index (χ0n) is 11.4. The van der Waals surface area contributed by atoms with Crippen LogP contribution in [0.1, 0.15) is 18.4 Å². The van der Waals surface area contributed by atoms with E-state index in [1.165, 1.54) is 23.8 Å². The minimum atomic E-state index is 0.733. The molecule has 1 saturated carbocycles. The SMILES string of the molecule is Cc1cc2ccccc2nc1N(C)CC1CC(Br)C1. The van der Waals surface area contributed by atoms with Crippen LogP contribution in [0.15, 0.2) is 30.3 Å². The molecule has 0 bridgehead atoms. The molecule has 0 amide bonds. The first-order chi connectivity index (χ1) is 9.13. The van der Waals surface area contributed by atoms with E-state index in [4.69, 9.17) is 4.98 Å². The number of alkyl halides is 1. The van der Waals surface area contributed by atoms with Gasteiger partial charge in [0, 0.05) is 23.8 Å². The van der Waals surface area contributed by atoms with Gasteiger partial charge in [0.1, 0.15) is 5.82 Å². The van der Waals surface area contributed by atoms with Crippen LogP contribution in [0.25, 0.3) is 10.9 Å². The minimum absolute atomic E-state index is 0.733. The predicted octanol–water partition coefficient (Wildman–Crippen LogP) is 4.15. The highest BCUT2D eigenvalue weighted by atomic mass is 79.9. The number of aromatic nitrogens is 1. The molecule has 0 saturated heterocycles. The number of para-hydroxylation sites is 1. The van der Waals surface area contributed by atoms with E-state index in [-0.39, 0.29) is 0 Å². The van der Waals surface area contributed by atoms with Crippen LogP contribution in [-0.2, 0) is 0 Å². The van der Waals surface area contributed by atoms with E-state index in [1.54, 1.807) is 0 Å². The van der Waals surface area contributed by atoms with Gasteiger partial charge in [-0.2, -0.15) is 0 Å². The Morgan fingerprint density at radius 2 is 2.05 bits per heavy atom. The molecule has 2 nitrogen and oxygen atoms in total. The Morgan fingerprint density at radius 1 is 1.32 bits per heavy atom. The van der Waals surface area contributed by atoms with Crippen molar-refractivity contribution in [2.45, 2.75) is 24.6 Å². The van der Waals surface area contributed by atoms with E-state index in [9.17, 15) is 0 Å². The topological polar surface area (TPSA) is 16.1 Å². The van der Waals surface area contributed by atoms with Crippen molar-refractivity contribution < 1.29 is 0 Å². The van der Waals surface area contributed by atoms with Crippen LogP contribution in [0, 0.1) is 12.8 Å². The van der Waals surface area contributed by atoms with E-state index in [2.05, 4.69) is 65.1 Å². The van der Waals surface area contributed by atoms with E-state index in [0.29, 0.717) is 0 Å². The van der Waals surface area contributed by atoms with Crippen molar-refractivity contribution in [2.75, 3.05) is 18.5 Å². The van der Waals surface area contributed by atoms with Crippen LogP contribution in [0.2, 0.25) is 0 Å². The Balaban J connectivity index is 1.84. The lowest BCUT2D eigenvalue weighted by atomic mass is 9.85. The zero-order valence-corrected chi connectivity index (χ0v) is 13.0. The predicted molar refractivity (Wildman–Crippen MR) is 85.2 cm³/mol. The molecule has 1 fully saturated rings. The van der Waals surface area contributed by atoms with Crippen molar-refractivity contribution in [2.24, 2.45) is 5.92 Å². The summed E-state index contributed by atoms with van der Waals surface area (Å²) < 4.78 is 0. The number of hydrogen-bond donors (Lipinski definition) is 0. The van der Waals surface area contributed by atoms with E-state index >= 15 is 0 Å². The number of benzene rings is 1. The molecule has 0 atom stereocenters. The highest BCUT2D eigenvalue weighted by Crippen LogP contribution is 2.34. The molecule has 1 aromatic carbocycles. The summed E-state index contributed by atoms with van der Waals surface area (Å²) >= 11 is 3.66. The van der Waals surface area contributed by atoms with Gasteiger partial charge in [-0.05, 0) is 43.4 Å². The van der Waals surface area contributed by atoms with Gasteiger partial charge in [0.25, 0.3) is 0 Å². The molecule has 0 spiro atoms. The van der Waals surface area contributed by atoms with E-state index < -0.39 is 0 Å². The molecule has 1 aliphatic carbocycles. The van der Waals surface area contributed by atoms with Gasteiger partial charge in [-0.1, -0.05) is 34.1 Å². The maximum Gasteiger partial charge on any atom is 0.131 e. The summed E-state index contributed by atoms with van der Waals surface area (Å²) in [4.78, 5) is 7.86. The van der Waals surface area contributed by atoms with Crippen LogP contribution < -0.4 is 4.90 Å². The molecule has 1 heterocycles. The lowest BCUT2D eigenvalue weighted by Crippen LogP contribution is -2.35. The van der Waals surface area contributed by atoms with Crippen LogP contribution in [-0.4, -0.2) is 23.4 Å². The number of anilines is 1. The first-order valence-electron chi connectivity index (χ1n) is 6.85. The summed E-state index contributed by atoms with van der Waals surface area (Å²) in [5, 5.41) is 1.22. The standard InChI is InChI=1S/C16H19BrN2/c1-11-7-13-5-3-4-6-15(13)18-16(11)19(2)10-12-8-14(17)9-12/h3-7,12,14H,8-10H2,1-2H3. The number of aryl methyl sites for hydroxylation is 1. The van der Waals surface area contributed by atoms with Gasteiger partial charge < -0.3 is 4.90 Å². The molecule has 1 aliphatic rings. The second-order valence-electron chi connectivity index (χ2n) is 5.64. The third-order valence-corrected chi connectivity index (χ3v) is 4.71. The largest absolute Gasteiger partial charge is 0.359 e. The van der Waals surface area contributed by atoms with Gasteiger partial charge in [-0.15, -0.1) is 0 Å². The summed E-state index contributed by atoms with van der Waals surface area (Å²) in [6.45, 7) is 3.26. The second-order valence-corrected chi connectivity index (χ2v) is 6.93. The Morgan fingerprint density at radius 3 is 2.79 bits per heavy atom. The molecule has 0 aliphatic heterocycles. The van der Waals surface area contributed by atoms with Crippen LogP contribution in [0.5, 0.6) is 0 Å². The fourth-order valence-corrected chi connectivity index (χ4v) is 3.93. The van der Waals surface area contributed by atoms with Crippen LogP contribution >= 0.6 is 15.9 Å². The minimum Gasteiger partial charge on any atom is -0.359 e. The molecule has 0 N–H and O–H groups in total. The van der Waals surface area contributed by atoms with Crippen molar-refractivity contribution in [1.82, 2.24) is 4.98 Å². The fraction of sp³-hybridized carbons (Fsp3) is 0.438. The normalized spacial score (nSPS) is 22.3. The van der Waals surface area contributed by atoms with Crippen molar-refractivity contribution in [3.63, 3.8) is 0 Å². The smallest absolute Gasteiger partial charge is 0.131 e. The summed E-state index contributed by atoms with van der Waals surface area (Å²) in [6, 6.07) is 10.6.